The number of ether oxygens (including phenoxy) is 1. The molecule has 1 aliphatic carbocycles. The normalized spacial score (nSPS) is 25.6. The third-order valence-electron chi connectivity index (χ3n) is 2.90. The van der Waals surface area contributed by atoms with E-state index >= 15 is 0 Å². The van der Waals surface area contributed by atoms with Crippen LogP contribution < -0.4 is 5.56 Å². The average molecular weight is 238 g/mol. The Kier molecular flexibility index (Phi) is 2.73. The summed E-state index contributed by atoms with van der Waals surface area (Å²) in [6.07, 6.45) is 2.29. The molecule has 2 aliphatic rings. The zero-order chi connectivity index (χ0) is 11.0. The maximum Gasteiger partial charge on any atom is 0.251 e. The van der Waals surface area contributed by atoms with Gasteiger partial charge < -0.3 is 9.72 Å². The molecule has 2 heterocycles. The predicted octanol–water partition coefficient (Wildman–Crippen LogP) is 1.45. The quantitative estimate of drug-likeness (QED) is 0.847. The lowest BCUT2D eigenvalue weighted by atomic mass is 10.2. The Balaban J connectivity index is 1.89. The molecule has 0 spiro atoms. The minimum absolute atomic E-state index is 0.0369. The van der Waals surface area contributed by atoms with E-state index in [4.69, 9.17) is 4.74 Å². The summed E-state index contributed by atoms with van der Waals surface area (Å²) in [7, 11) is 0. The van der Waals surface area contributed by atoms with Crippen LogP contribution in [0.3, 0.4) is 0 Å². The summed E-state index contributed by atoms with van der Waals surface area (Å²) >= 11 is 1.85. The van der Waals surface area contributed by atoms with E-state index in [2.05, 4.69) is 9.97 Å². The van der Waals surface area contributed by atoms with Gasteiger partial charge in [0.05, 0.1) is 12.3 Å². The summed E-state index contributed by atoms with van der Waals surface area (Å²) in [5, 5.41) is 0. The number of thioether (sulfide) groups is 1. The van der Waals surface area contributed by atoms with Gasteiger partial charge in [0.1, 0.15) is 11.9 Å². The molecule has 0 amide bonds. The highest BCUT2D eigenvalue weighted by molar-refractivity contribution is 7.99. The lowest BCUT2D eigenvalue weighted by Crippen LogP contribution is -2.22. The van der Waals surface area contributed by atoms with Crippen LogP contribution in [0.25, 0.3) is 0 Å². The second kappa shape index (κ2) is 4.22. The van der Waals surface area contributed by atoms with Gasteiger partial charge in [-0.15, -0.1) is 0 Å². The zero-order valence-electron chi connectivity index (χ0n) is 8.94. The van der Waals surface area contributed by atoms with Gasteiger partial charge in [-0.3, -0.25) is 4.79 Å². The van der Waals surface area contributed by atoms with E-state index in [9.17, 15) is 4.79 Å². The van der Waals surface area contributed by atoms with Gasteiger partial charge in [-0.2, -0.15) is 11.8 Å². The summed E-state index contributed by atoms with van der Waals surface area (Å²) < 4.78 is 5.62. The highest BCUT2D eigenvalue weighted by Gasteiger charge is 2.27. The maximum absolute atomic E-state index is 11.5. The summed E-state index contributed by atoms with van der Waals surface area (Å²) in [6.45, 7) is 0.743. The van der Waals surface area contributed by atoms with Gasteiger partial charge in [-0.25, -0.2) is 4.98 Å². The number of hydrogen-bond acceptors (Lipinski definition) is 4. The van der Waals surface area contributed by atoms with E-state index in [0.29, 0.717) is 11.7 Å². The number of hydrogen-bond donors (Lipinski definition) is 1. The van der Waals surface area contributed by atoms with E-state index in [1.54, 1.807) is 6.07 Å². The molecule has 4 nitrogen and oxygen atoms in total. The van der Waals surface area contributed by atoms with E-state index in [1.165, 1.54) is 0 Å². The van der Waals surface area contributed by atoms with Gasteiger partial charge in [0.2, 0.25) is 0 Å². The first-order valence-electron chi connectivity index (χ1n) is 5.63. The maximum atomic E-state index is 11.5. The van der Waals surface area contributed by atoms with Crippen LogP contribution in [0.4, 0.5) is 0 Å². The van der Waals surface area contributed by atoms with Gasteiger partial charge in [-0.05, 0) is 12.8 Å². The molecule has 16 heavy (non-hydrogen) atoms. The average Bonchev–Trinajstić information content (AvgIpc) is 3.13. The van der Waals surface area contributed by atoms with Gasteiger partial charge in [0.15, 0.2) is 0 Å². The van der Waals surface area contributed by atoms with Crippen LogP contribution in [0.1, 0.15) is 36.4 Å². The minimum atomic E-state index is -0.0499. The van der Waals surface area contributed by atoms with Crippen LogP contribution in [0.15, 0.2) is 10.9 Å². The molecule has 1 aromatic rings. The summed E-state index contributed by atoms with van der Waals surface area (Å²) in [5.41, 5.74) is 0.893. The molecule has 2 fully saturated rings. The zero-order valence-corrected chi connectivity index (χ0v) is 9.76. The molecule has 1 saturated carbocycles. The highest BCUT2D eigenvalue weighted by atomic mass is 32.2. The van der Waals surface area contributed by atoms with Crippen LogP contribution in [0.2, 0.25) is 0 Å². The number of H-pyrrole nitrogens is 1. The molecule has 0 bridgehead atoms. The van der Waals surface area contributed by atoms with Crippen molar-refractivity contribution in [2.24, 2.45) is 0 Å². The largest absolute Gasteiger partial charge is 0.369 e. The van der Waals surface area contributed by atoms with Crippen molar-refractivity contribution in [1.82, 2.24) is 9.97 Å². The first-order chi connectivity index (χ1) is 7.83. The predicted molar refractivity (Wildman–Crippen MR) is 62.9 cm³/mol. The minimum Gasteiger partial charge on any atom is -0.369 e. The van der Waals surface area contributed by atoms with Crippen molar-refractivity contribution >= 4 is 11.8 Å². The van der Waals surface area contributed by atoms with Crippen LogP contribution in [0.5, 0.6) is 0 Å². The highest BCUT2D eigenvalue weighted by Crippen LogP contribution is 2.38. The molecule has 1 N–H and O–H groups in total. The van der Waals surface area contributed by atoms with Crippen LogP contribution >= 0.6 is 11.8 Å². The molecule has 1 aromatic heterocycles. The molecular weight excluding hydrogens is 224 g/mol. The van der Waals surface area contributed by atoms with E-state index < -0.39 is 0 Å². The third-order valence-corrected chi connectivity index (χ3v) is 3.89. The van der Waals surface area contributed by atoms with E-state index in [1.807, 2.05) is 11.8 Å². The summed E-state index contributed by atoms with van der Waals surface area (Å²) in [5.74, 6) is 3.14. The number of nitrogens with one attached hydrogen (secondary N) is 1. The molecule has 5 heteroatoms. The molecule has 1 unspecified atom stereocenters. The Hall–Kier alpha value is -0.810. The number of rotatable bonds is 2. The molecular formula is C11H14N2O2S. The van der Waals surface area contributed by atoms with Gasteiger partial charge >= 0.3 is 0 Å². The van der Waals surface area contributed by atoms with Crippen molar-refractivity contribution in [3.05, 3.63) is 27.9 Å². The third kappa shape index (κ3) is 2.15. The van der Waals surface area contributed by atoms with Gasteiger partial charge in [0, 0.05) is 23.5 Å². The van der Waals surface area contributed by atoms with Crippen LogP contribution in [-0.4, -0.2) is 28.1 Å². The molecule has 0 radical (unpaired) electrons. The Labute approximate surface area is 97.8 Å². The first kappa shape index (κ1) is 10.4. The SMILES string of the molecule is O=c1cc(C2CC2)nc(C2CSCCO2)[nH]1. The number of aromatic nitrogens is 2. The van der Waals surface area contributed by atoms with Crippen molar-refractivity contribution in [3.8, 4) is 0 Å². The second-order valence-corrected chi connectivity index (χ2v) is 5.41. The molecule has 1 aliphatic heterocycles. The smallest absolute Gasteiger partial charge is 0.251 e. The Morgan fingerprint density at radius 1 is 1.50 bits per heavy atom. The molecule has 0 aromatic carbocycles. The fraction of sp³-hybridized carbons (Fsp3) is 0.636. The topological polar surface area (TPSA) is 55.0 Å². The van der Waals surface area contributed by atoms with Crippen LogP contribution in [-0.2, 0) is 4.74 Å². The molecule has 1 saturated heterocycles. The van der Waals surface area contributed by atoms with E-state index in [-0.39, 0.29) is 11.7 Å². The summed E-state index contributed by atoms with van der Waals surface area (Å²) in [6, 6.07) is 1.62. The summed E-state index contributed by atoms with van der Waals surface area (Å²) in [4.78, 5) is 18.8. The number of nitrogens with zero attached hydrogens (tertiary/aromatic N) is 1. The van der Waals surface area contributed by atoms with Crippen molar-refractivity contribution in [1.29, 1.82) is 0 Å². The molecule has 86 valence electrons. The van der Waals surface area contributed by atoms with Crippen molar-refractivity contribution in [2.75, 3.05) is 18.1 Å². The molecule has 3 rings (SSSR count). The first-order valence-corrected chi connectivity index (χ1v) is 6.79. The fourth-order valence-electron chi connectivity index (χ4n) is 1.88. The lowest BCUT2D eigenvalue weighted by molar-refractivity contribution is 0.0691. The Morgan fingerprint density at radius 2 is 2.38 bits per heavy atom. The van der Waals surface area contributed by atoms with Crippen LogP contribution in [0, 0.1) is 0 Å². The van der Waals surface area contributed by atoms with Crippen molar-refractivity contribution in [2.45, 2.75) is 24.9 Å². The number of aromatic amines is 1. The Morgan fingerprint density at radius 3 is 3.06 bits per heavy atom. The Bertz CT molecular complexity index is 436. The van der Waals surface area contributed by atoms with Crippen molar-refractivity contribution < 1.29 is 4.74 Å². The lowest BCUT2D eigenvalue weighted by Gasteiger charge is -2.21. The second-order valence-electron chi connectivity index (χ2n) is 4.26. The van der Waals surface area contributed by atoms with Gasteiger partial charge in [-0.1, -0.05) is 0 Å². The van der Waals surface area contributed by atoms with E-state index in [0.717, 1.165) is 36.6 Å². The van der Waals surface area contributed by atoms with Crippen molar-refractivity contribution in [3.63, 3.8) is 0 Å². The molecule has 1 atom stereocenters. The van der Waals surface area contributed by atoms with Gasteiger partial charge in [0.25, 0.3) is 5.56 Å². The fourth-order valence-corrected chi connectivity index (χ4v) is 2.73. The standard InChI is InChI=1S/C11H14N2O2S/c14-10-5-8(7-1-2-7)12-11(13-10)9-6-16-4-3-15-9/h5,7,9H,1-4,6H2,(H,12,13,14). The monoisotopic (exact) mass is 238 g/mol.